The van der Waals surface area contributed by atoms with Gasteiger partial charge in [0.25, 0.3) is 0 Å². The molecule has 0 radical (unpaired) electrons. The van der Waals surface area contributed by atoms with Crippen LogP contribution in [0, 0.1) is 6.92 Å². The number of benzene rings is 1. The lowest BCUT2D eigenvalue weighted by Crippen LogP contribution is -2.33. The second-order valence-corrected chi connectivity index (χ2v) is 9.46. The summed E-state index contributed by atoms with van der Waals surface area (Å²) in [4.78, 5) is 29.2. The number of ether oxygens (including phenoxy) is 2. The van der Waals surface area contributed by atoms with Crippen LogP contribution < -0.4 is 10.1 Å². The minimum atomic E-state index is -0.573. The van der Waals surface area contributed by atoms with Crippen LogP contribution in [0.1, 0.15) is 32.0 Å². The van der Waals surface area contributed by atoms with Crippen molar-refractivity contribution in [1.82, 2.24) is 29.8 Å². The average Bonchev–Trinajstić information content (AvgIpc) is 3.10. The van der Waals surface area contributed by atoms with E-state index in [1.165, 1.54) is 6.33 Å². The largest absolute Gasteiger partial charge is 0.444 e. The maximum Gasteiger partial charge on any atom is 0.407 e. The normalized spacial score (nSPS) is 11.5. The molecule has 0 spiro atoms. The van der Waals surface area contributed by atoms with E-state index in [2.05, 4.69) is 25.3 Å². The number of aromatic nitrogens is 5. The van der Waals surface area contributed by atoms with E-state index in [1.54, 1.807) is 12.3 Å². The minimum Gasteiger partial charge on any atom is -0.444 e. The summed E-state index contributed by atoms with van der Waals surface area (Å²) in [5.74, 6) is 0.578. The van der Waals surface area contributed by atoms with Crippen molar-refractivity contribution < 1.29 is 14.3 Å². The van der Waals surface area contributed by atoms with Gasteiger partial charge in [-0.25, -0.2) is 24.7 Å². The van der Waals surface area contributed by atoms with E-state index >= 15 is 0 Å². The fourth-order valence-electron chi connectivity index (χ4n) is 3.68. The Bertz CT molecular complexity index is 1380. The van der Waals surface area contributed by atoms with Crippen LogP contribution in [0.2, 0.25) is 5.15 Å². The van der Waals surface area contributed by atoms with Gasteiger partial charge in [0.15, 0.2) is 0 Å². The minimum absolute atomic E-state index is 0.261. The number of hydrogen-bond donors (Lipinski definition) is 1. The quantitative estimate of drug-likeness (QED) is 0.365. The number of nitrogens with one attached hydrogen (secondary N) is 1. The van der Waals surface area contributed by atoms with E-state index in [1.807, 2.05) is 63.7 Å². The van der Waals surface area contributed by atoms with E-state index in [4.69, 9.17) is 21.1 Å². The number of amides is 1. The molecule has 35 heavy (non-hydrogen) atoms. The van der Waals surface area contributed by atoms with Crippen LogP contribution in [-0.4, -0.2) is 42.7 Å². The van der Waals surface area contributed by atoms with Crippen LogP contribution in [-0.2, 0) is 18.2 Å². The first-order valence-electron chi connectivity index (χ1n) is 11.1. The maximum atomic E-state index is 12.2. The molecule has 0 aliphatic carbocycles. The number of aryl methyl sites for hydroxylation is 2. The van der Waals surface area contributed by atoms with E-state index in [9.17, 15) is 4.79 Å². The van der Waals surface area contributed by atoms with Crippen molar-refractivity contribution in [2.45, 2.75) is 39.7 Å². The second kappa shape index (κ2) is 9.87. The maximum absolute atomic E-state index is 12.2. The summed E-state index contributed by atoms with van der Waals surface area (Å²) >= 11 is 6.46. The van der Waals surface area contributed by atoms with Gasteiger partial charge >= 0.3 is 12.1 Å². The van der Waals surface area contributed by atoms with Crippen molar-refractivity contribution in [3.63, 3.8) is 0 Å². The molecule has 4 aromatic rings. The predicted octanol–water partition coefficient (Wildman–Crippen LogP) is 5.25. The molecule has 0 aliphatic rings. The number of halogens is 1. The Balaban J connectivity index is 1.68. The third-order valence-corrected chi connectivity index (χ3v) is 5.41. The molecule has 182 valence electrons. The number of nitrogens with zero attached hydrogens (tertiary/aromatic N) is 5. The molecular weight excluding hydrogens is 468 g/mol. The van der Waals surface area contributed by atoms with E-state index in [0.29, 0.717) is 23.9 Å². The molecule has 9 nitrogen and oxygen atoms in total. The smallest absolute Gasteiger partial charge is 0.407 e. The van der Waals surface area contributed by atoms with Gasteiger partial charge in [-0.3, -0.25) is 0 Å². The molecule has 3 aromatic heterocycles. The summed E-state index contributed by atoms with van der Waals surface area (Å²) in [6.45, 7) is 7.71. The van der Waals surface area contributed by atoms with Gasteiger partial charge in [0.05, 0.1) is 5.39 Å². The first-order chi connectivity index (χ1) is 16.6. The number of fused-ring (bicyclic) bond motifs is 1. The average molecular weight is 495 g/mol. The highest BCUT2D eigenvalue weighted by Gasteiger charge is 2.19. The van der Waals surface area contributed by atoms with Gasteiger partial charge in [-0.05, 0) is 63.4 Å². The van der Waals surface area contributed by atoms with Crippen LogP contribution in [0.15, 0.2) is 43.0 Å². The summed E-state index contributed by atoms with van der Waals surface area (Å²) in [6, 6.07) is 7.77. The van der Waals surface area contributed by atoms with E-state index < -0.39 is 11.7 Å². The first-order valence-corrected chi connectivity index (χ1v) is 11.5. The highest BCUT2D eigenvalue weighted by molar-refractivity contribution is 6.35. The molecule has 0 unspecified atom stereocenters. The Morgan fingerprint density at radius 2 is 1.94 bits per heavy atom. The lowest BCUT2D eigenvalue weighted by Gasteiger charge is -2.20. The fourth-order valence-corrected chi connectivity index (χ4v) is 3.91. The molecule has 1 N–H and O–H groups in total. The standard InChI is InChI=1S/C25H27ClN6O3/c1-15-8-10-27-23(31-15)34-17-6-7-18(16(12-17)9-11-28-24(33)35-25(2,3)4)19-13-32(5)22-20(19)21(26)29-14-30-22/h6-8,10,12-14H,9,11H2,1-5H3,(H,28,33). The van der Waals surface area contributed by atoms with Crippen molar-refractivity contribution in [3.05, 3.63) is 59.4 Å². The molecule has 4 rings (SSSR count). The monoisotopic (exact) mass is 494 g/mol. The number of alkyl carbamates (subject to hydrolysis) is 1. The van der Waals surface area contributed by atoms with Gasteiger partial charge in [0.2, 0.25) is 0 Å². The zero-order valence-electron chi connectivity index (χ0n) is 20.3. The summed E-state index contributed by atoms with van der Waals surface area (Å²) in [6.07, 6.45) is 5.10. The molecule has 0 fully saturated rings. The Morgan fingerprint density at radius 1 is 1.14 bits per heavy atom. The van der Waals surface area contributed by atoms with Crippen LogP contribution in [0.5, 0.6) is 11.8 Å². The van der Waals surface area contributed by atoms with E-state index in [-0.39, 0.29) is 6.01 Å². The zero-order valence-corrected chi connectivity index (χ0v) is 21.1. The third kappa shape index (κ3) is 5.86. The number of hydrogen-bond acceptors (Lipinski definition) is 7. The van der Waals surface area contributed by atoms with Crippen molar-refractivity contribution in [1.29, 1.82) is 0 Å². The van der Waals surface area contributed by atoms with Crippen LogP contribution in [0.3, 0.4) is 0 Å². The van der Waals surface area contributed by atoms with Crippen LogP contribution in [0.4, 0.5) is 4.79 Å². The van der Waals surface area contributed by atoms with Crippen molar-refractivity contribution in [2.75, 3.05) is 6.54 Å². The second-order valence-electron chi connectivity index (χ2n) is 9.10. The summed E-state index contributed by atoms with van der Waals surface area (Å²) in [5, 5.41) is 3.94. The summed E-state index contributed by atoms with van der Waals surface area (Å²) in [7, 11) is 1.91. The zero-order chi connectivity index (χ0) is 25.2. The van der Waals surface area contributed by atoms with Crippen molar-refractivity contribution in [3.8, 4) is 22.9 Å². The number of carbonyl (C=O) groups excluding carboxylic acids is 1. The summed E-state index contributed by atoms with van der Waals surface area (Å²) < 4.78 is 13.2. The number of rotatable bonds is 6. The predicted molar refractivity (Wildman–Crippen MR) is 134 cm³/mol. The first kappa shape index (κ1) is 24.4. The number of carbonyl (C=O) groups is 1. The topological polar surface area (TPSA) is 104 Å². The Hall–Kier alpha value is -3.72. The molecule has 0 saturated carbocycles. The van der Waals surface area contributed by atoms with Gasteiger partial charge in [-0.2, -0.15) is 0 Å². The fraction of sp³-hybridized carbons (Fsp3) is 0.320. The lowest BCUT2D eigenvalue weighted by atomic mass is 9.97. The van der Waals surface area contributed by atoms with Gasteiger partial charge in [-0.1, -0.05) is 17.7 Å². The van der Waals surface area contributed by atoms with Crippen molar-refractivity contribution >= 4 is 28.7 Å². The Kier molecular flexibility index (Phi) is 6.88. The molecule has 3 heterocycles. The van der Waals surface area contributed by atoms with E-state index in [0.717, 1.165) is 33.4 Å². The molecular formula is C25H27ClN6O3. The molecule has 10 heteroatoms. The molecule has 0 aliphatic heterocycles. The Morgan fingerprint density at radius 3 is 2.69 bits per heavy atom. The van der Waals surface area contributed by atoms with Gasteiger partial charge in [0.1, 0.15) is 28.5 Å². The molecule has 0 bridgehead atoms. The highest BCUT2D eigenvalue weighted by atomic mass is 35.5. The lowest BCUT2D eigenvalue weighted by molar-refractivity contribution is 0.0528. The molecule has 1 aromatic carbocycles. The molecule has 0 atom stereocenters. The van der Waals surface area contributed by atoms with Crippen molar-refractivity contribution in [2.24, 2.45) is 7.05 Å². The van der Waals surface area contributed by atoms with Gasteiger partial charge < -0.3 is 19.4 Å². The SMILES string of the molecule is Cc1ccnc(Oc2ccc(-c3cn(C)c4ncnc(Cl)c34)c(CCNC(=O)OC(C)(C)C)c2)n1. The molecule has 0 saturated heterocycles. The van der Waals surface area contributed by atoms with Crippen LogP contribution in [0.25, 0.3) is 22.2 Å². The Labute approximate surface area is 208 Å². The van der Waals surface area contributed by atoms with Crippen LogP contribution >= 0.6 is 11.6 Å². The van der Waals surface area contributed by atoms with Gasteiger partial charge in [-0.15, -0.1) is 0 Å². The highest BCUT2D eigenvalue weighted by Crippen LogP contribution is 2.36. The van der Waals surface area contributed by atoms with Gasteiger partial charge in [0, 0.05) is 37.2 Å². The summed E-state index contributed by atoms with van der Waals surface area (Å²) in [5.41, 5.74) is 3.70. The molecule has 1 amide bonds. The third-order valence-electron chi connectivity index (χ3n) is 5.12.